The van der Waals surface area contributed by atoms with Crippen molar-refractivity contribution in [2.45, 2.75) is 77.7 Å². The SMILES string of the molecule is C[C@]1(O)CC[C@@H]2[C@H]3CCC4=CC(=NOCC(=O)O)CC[C@@]4(C)[C@H]3CC[C@]21C. The molecule has 0 spiro atoms. The number of oxime groups is 1. The highest BCUT2D eigenvalue weighted by Gasteiger charge is 2.62. The largest absolute Gasteiger partial charge is 0.479 e. The molecule has 0 aromatic rings. The van der Waals surface area contributed by atoms with Crippen molar-refractivity contribution in [2.24, 2.45) is 33.7 Å². The Morgan fingerprint density at radius 3 is 2.63 bits per heavy atom. The van der Waals surface area contributed by atoms with E-state index in [-0.39, 0.29) is 17.4 Å². The van der Waals surface area contributed by atoms with Crippen LogP contribution in [0.25, 0.3) is 0 Å². The van der Waals surface area contributed by atoms with Crippen LogP contribution in [0.1, 0.15) is 72.1 Å². The summed E-state index contributed by atoms with van der Waals surface area (Å²) in [6, 6.07) is 0. The zero-order valence-corrected chi connectivity index (χ0v) is 16.8. The summed E-state index contributed by atoms with van der Waals surface area (Å²) >= 11 is 0. The maximum Gasteiger partial charge on any atom is 0.344 e. The molecular weight excluding hydrogens is 342 g/mol. The van der Waals surface area contributed by atoms with Crippen molar-refractivity contribution >= 4 is 11.7 Å². The zero-order chi connectivity index (χ0) is 19.4. The van der Waals surface area contributed by atoms with Gasteiger partial charge in [-0.15, -0.1) is 0 Å². The maximum absolute atomic E-state index is 11.0. The van der Waals surface area contributed by atoms with Crippen LogP contribution >= 0.6 is 0 Å². The molecule has 3 fully saturated rings. The lowest BCUT2D eigenvalue weighted by molar-refractivity contribution is -0.142. The van der Waals surface area contributed by atoms with E-state index in [2.05, 4.69) is 32.0 Å². The Labute approximate surface area is 161 Å². The highest BCUT2D eigenvalue weighted by molar-refractivity contribution is 5.96. The molecule has 0 bridgehead atoms. The van der Waals surface area contributed by atoms with Gasteiger partial charge in [0.1, 0.15) is 0 Å². The lowest BCUT2D eigenvalue weighted by Gasteiger charge is -2.59. The quantitative estimate of drug-likeness (QED) is 0.726. The first-order valence-corrected chi connectivity index (χ1v) is 10.5. The van der Waals surface area contributed by atoms with Crippen molar-refractivity contribution in [3.05, 3.63) is 11.6 Å². The summed E-state index contributed by atoms with van der Waals surface area (Å²) < 4.78 is 0. The normalized spacial score (nSPS) is 47.6. The summed E-state index contributed by atoms with van der Waals surface area (Å²) in [5.74, 6) is 1.04. The third-order valence-corrected chi connectivity index (χ3v) is 8.91. The monoisotopic (exact) mass is 375 g/mol. The first-order chi connectivity index (χ1) is 12.7. The highest BCUT2D eigenvalue weighted by atomic mass is 16.6. The van der Waals surface area contributed by atoms with Crippen LogP contribution in [0.5, 0.6) is 0 Å². The van der Waals surface area contributed by atoms with E-state index < -0.39 is 11.6 Å². The number of hydrogen-bond acceptors (Lipinski definition) is 4. The van der Waals surface area contributed by atoms with Gasteiger partial charge < -0.3 is 15.1 Å². The summed E-state index contributed by atoms with van der Waals surface area (Å²) in [5, 5.41) is 23.8. The minimum atomic E-state index is -0.995. The molecule has 4 aliphatic carbocycles. The number of carbonyl (C=O) groups is 1. The number of hydrogen-bond donors (Lipinski definition) is 2. The van der Waals surface area contributed by atoms with Gasteiger partial charge in [0.25, 0.3) is 0 Å². The van der Waals surface area contributed by atoms with Crippen LogP contribution in [-0.4, -0.2) is 34.1 Å². The Hall–Kier alpha value is -1.36. The molecule has 0 saturated heterocycles. The van der Waals surface area contributed by atoms with Gasteiger partial charge in [0.15, 0.2) is 0 Å². The van der Waals surface area contributed by atoms with Gasteiger partial charge in [0.2, 0.25) is 6.61 Å². The Bertz CT molecular complexity index is 696. The second-order valence-corrected chi connectivity index (χ2v) is 10.0. The lowest BCUT2D eigenvalue weighted by Crippen LogP contribution is -2.53. The van der Waals surface area contributed by atoms with Crippen molar-refractivity contribution < 1.29 is 19.8 Å². The molecular formula is C22H33NO4. The van der Waals surface area contributed by atoms with Gasteiger partial charge in [-0.05, 0) is 93.0 Å². The Morgan fingerprint density at radius 1 is 1.15 bits per heavy atom. The second-order valence-electron chi connectivity index (χ2n) is 10.0. The number of aliphatic carboxylic acids is 1. The number of carboxylic acid groups (broad SMARTS) is 1. The number of carboxylic acids is 1. The van der Waals surface area contributed by atoms with Crippen molar-refractivity contribution in [2.75, 3.05) is 6.61 Å². The summed E-state index contributed by atoms with van der Waals surface area (Å²) in [6.07, 6.45) is 10.8. The van der Waals surface area contributed by atoms with E-state index in [0.29, 0.717) is 17.8 Å². The highest BCUT2D eigenvalue weighted by Crippen LogP contribution is 2.67. The summed E-state index contributed by atoms with van der Waals surface area (Å²) in [5.41, 5.74) is 2.11. The predicted octanol–water partition coefficient (Wildman–Crippen LogP) is 4.16. The van der Waals surface area contributed by atoms with Crippen molar-refractivity contribution in [1.82, 2.24) is 0 Å². The van der Waals surface area contributed by atoms with Crippen LogP contribution in [0.15, 0.2) is 16.8 Å². The van der Waals surface area contributed by atoms with Crippen molar-refractivity contribution in [3.63, 3.8) is 0 Å². The summed E-state index contributed by atoms with van der Waals surface area (Å²) in [4.78, 5) is 15.6. The molecule has 0 aliphatic heterocycles. The van der Waals surface area contributed by atoms with Crippen molar-refractivity contribution in [3.8, 4) is 0 Å². The maximum atomic E-state index is 11.0. The molecule has 0 aromatic carbocycles. The van der Waals surface area contributed by atoms with Gasteiger partial charge in [-0.25, -0.2) is 4.79 Å². The molecule has 5 heteroatoms. The van der Waals surface area contributed by atoms with Gasteiger partial charge in [-0.1, -0.05) is 24.6 Å². The van der Waals surface area contributed by atoms with Gasteiger partial charge in [0.05, 0.1) is 11.3 Å². The molecule has 5 nitrogen and oxygen atoms in total. The summed E-state index contributed by atoms with van der Waals surface area (Å²) in [6.45, 7) is 6.44. The van der Waals surface area contributed by atoms with E-state index in [4.69, 9.17) is 9.94 Å². The zero-order valence-electron chi connectivity index (χ0n) is 16.8. The molecule has 4 rings (SSSR count). The van der Waals surface area contributed by atoms with Crippen LogP contribution in [0.3, 0.4) is 0 Å². The smallest absolute Gasteiger partial charge is 0.344 e. The van der Waals surface area contributed by atoms with Crippen LogP contribution in [0.2, 0.25) is 0 Å². The minimum Gasteiger partial charge on any atom is -0.479 e. The van der Waals surface area contributed by atoms with E-state index in [1.807, 2.05) is 0 Å². The van der Waals surface area contributed by atoms with Crippen LogP contribution in [0.4, 0.5) is 0 Å². The molecule has 0 unspecified atom stereocenters. The van der Waals surface area contributed by atoms with Gasteiger partial charge >= 0.3 is 5.97 Å². The average molecular weight is 376 g/mol. The van der Waals surface area contributed by atoms with E-state index in [0.717, 1.165) is 44.2 Å². The Morgan fingerprint density at radius 2 is 1.89 bits per heavy atom. The summed E-state index contributed by atoms with van der Waals surface area (Å²) in [7, 11) is 0. The molecule has 0 aromatic heterocycles. The van der Waals surface area contributed by atoms with E-state index in [1.54, 1.807) is 0 Å². The van der Waals surface area contributed by atoms with E-state index >= 15 is 0 Å². The molecule has 150 valence electrons. The first kappa shape index (κ1) is 19.0. The lowest BCUT2D eigenvalue weighted by atomic mass is 9.46. The number of rotatable bonds is 3. The minimum absolute atomic E-state index is 0.0672. The molecule has 0 heterocycles. The van der Waals surface area contributed by atoms with Crippen LogP contribution in [-0.2, 0) is 9.63 Å². The predicted molar refractivity (Wildman–Crippen MR) is 103 cm³/mol. The molecule has 3 saturated carbocycles. The fourth-order valence-corrected chi connectivity index (χ4v) is 7.06. The van der Waals surface area contributed by atoms with E-state index in [1.165, 1.54) is 18.4 Å². The van der Waals surface area contributed by atoms with Crippen LogP contribution < -0.4 is 0 Å². The topological polar surface area (TPSA) is 79.1 Å². The standard InChI is InChI=1S/C22H33NO4/c1-20-9-6-15(23-27-13-19(24)25)12-14(20)4-5-16-17(20)7-10-21(2)18(16)8-11-22(21,3)26/h12,16-18,26H,4-11,13H2,1-3H3,(H,24,25)/t16-,17-,18+,20+,21+,22-/m0/s1. The Kier molecular flexibility index (Phi) is 4.45. The number of allylic oxidation sites excluding steroid dienone is 2. The molecule has 27 heavy (non-hydrogen) atoms. The van der Waals surface area contributed by atoms with Gasteiger partial charge in [-0.3, -0.25) is 0 Å². The van der Waals surface area contributed by atoms with Crippen LogP contribution in [0, 0.1) is 28.6 Å². The number of fused-ring (bicyclic) bond motifs is 5. The molecule has 0 amide bonds. The molecule has 4 aliphatic rings. The molecule has 0 radical (unpaired) electrons. The third kappa shape index (κ3) is 2.84. The van der Waals surface area contributed by atoms with E-state index in [9.17, 15) is 9.90 Å². The van der Waals surface area contributed by atoms with Crippen molar-refractivity contribution in [1.29, 1.82) is 0 Å². The third-order valence-electron chi connectivity index (χ3n) is 8.91. The second kappa shape index (κ2) is 6.33. The number of aliphatic hydroxyl groups is 1. The Balaban J connectivity index is 1.56. The fraction of sp³-hybridized carbons (Fsp3) is 0.818. The average Bonchev–Trinajstić information content (AvgIpc) is 2.84. The molecule has 2 N–H and O–H groups in total. The number of nitrogens with zero attached hydrogens (tertiary/aromatic N) is 1. The fourth-order valence-electron chi connectivity index (χ4n) is 7.06. The molecule has 6 atom stereocenters. The van der Waals surface area contributed by atoms with Gasteiger partial charge in [-0.2, -0.15) is 0 Å². The first-order valence-electron chi connectivity index (χ1n) is 10.5. The van der Waals surface area contributed by atoms with Gasteiger partial charge in [0, 0.05) is 0 Å².